The van der Waals surface area contributed by atoms with Crippen LogP contribution in [0.15, 0.2) is 35.7 Å². The molecule has 1 heterocycles. The van der Waals surface area contributed by atoms with E-state index in [9.17, 15) is 4.79 Å². The summed E-state index contributed by atoms with van der Waals surface area (Å²) >= 11 is 3.77. The topological polar surface area (TPSA) is 44.1 Å². The van der Waals surface area contributed by atoms with Gasteiger partial charge in [-0.1, -0.05) is 12.1 Å². The van der Waals surface area contributed by atoms with Crippen LogP contribution in [0.1, 0.15) is 21.5 Å². The van der Waals surface area contributed by atoms with Crippen LogP contribution in [0.4, 0.5) is 0 Å². The highest BCUT2D eigenvalue weighted by molar-refractivity contribution is 14.1. The maximum atomic E-state index is 12.2. The predicted molar refractivity (Wildman–Crippen MR) is 84.0 cm³/mol. The van der Waals surface area contributed by atoms with Gasteiger partial charge in [-0.15, -0.1) is 11.3 Å². The molecule has 0 fully saturated rings. The summed E-state index contributed by atoms with van der Waals surface area (Å²) in [6, 6.07) is 11.3. The summed E-state index contributed by atoms with van der Waals surface area (Å²) in [5.74, 6) is 0.0172. The first-order chi connectivity index (χ1) is 9.10. The molecule has 0 atom stereocenters. The summed E-state index contributed by atoms with van der Waals surface area (Å²) in [6.45, 7) is 0.539. The molecule has 0 unspecified atom stereocenters. The van der Waals surface area contributed by atoms with Crippen LogP contribution < -0.4 is 0 Å². The van der Waals surface area contributed by atoms with E-state index in [0.29, 0.717) is 12.1 Å². The van der Waals surface area contributed by atoms with Gasteiger partial charge in [-0.2, -0.15) is 5.26 Å². The third kappa shape index (κ3) is 3.55. The zero-order chi connectivity index (χ0) is 13.8. The number of hydrogen-bond donors (Lipinski definition) is 0. The normalized spacial score (nSPS) is 9.95. The van der Waals surface area contributed by atoms with Gasteiger partial charge >= 0.3 is 0 Å². The zero-order valence-corrected chi connectivity index (χ0v) is 13.2. The standard InChI is InChI=1S/C14H11IN2OS/c1-17(14(18)12-6-13(15)19-9-12)8-11-4-2-10(7-16)3-5-11/h2-6,9H,8H2,1H3. The molecule has 2 aromatic rings. The molecule has 0 radical (unpaired) electrons. The van der Waals surface area contributed by atoms with E-state index in [1.165, 1.54) is 0 Å². The first-order valence-corrected chi connectivity index (χ1v) is 7.54. The van der Waals surface area contributed by atoms with Crippen molar-refractivity contribution in [2.45, 2.75) is 6.54 Å². The summed E-state index contributed by atoms with van der Waals surface area (Å²) in [6.07, 6.45) is 0. The second-order valence-electron chi connectivity index (χ2n) is 4.11. The molecule has 19 heavy (non-hydrogen) atoms. The van der Waals surface area contributed by atoms with Crippen LogP contribution in [0, 0.1) is 14.2 Å². The Bertz CT molecular complexity index is 628. The van der Waals surface area contributed by atoms with E-state index in [1.54, 1.807) is 35.4 Å². The first kappa shape index (κ1) is 14.0. The minimum atomic E-state index is 0.0172. The van der Waals surface area contributed by atoms with Gasteiger partial charge in [0, 0.05) is 19.0 Å². The van der Waals surface area contributed by atoms with Crippen molar-refractivity contribution in [2.24, 2.45) is 0 Å². The molecule has 1 amide bonds. The summed E-state index contributed by atoms with van der Waals surface area (Å²) in [7, 11) is 1.78. The minimum Gasteiger partial charge on any atom is -0.337 e. The molecule has 96 valence electrons. The Labute approximate surface area is 129 Å². The number of carbonyl (C=O) groups is 1. The van der Waals surface area contributed by atoms with Crippen molar-refractivity contribution in [1.82, 2.24) is 4.90 Å². The molecule has 0 aliphatic carbocycles. The first-order valence-electron chi connectivity index (χ1n) is 5.58. The highest BCUT2D eigenvalue weighted by Crippen LogP contribution is 2.18. The van der Waals surface area contributed by atoms with Crippen molar-refractivity contribution in [1.29, 1.82) is 5.26 Å². The van der Waals surface area contributed by atoms with E-state index in [2.05, 4.69) is 28.7 Å². The third-order valence-corrected chi connectivity index (χ3v) is 4.45. The highest BCUT2D eigenvalue weighted by Gasteiger charge is 2.13. The van der Waals surface area contributed by atoms with Crippen LogP contribution in [-0.4, -0.2) is 17.9 Å². The Kier molecular flexibility index (Phi) is 4.56. The van der Waals surface area contributed by atoms with Crippen molar-refractivity contribution >= 4 is 39.8 Å². The molecule has 0 saturated carbocycles. The maximum Gasteiger partial charge on any atom is 0.254 e. The van der Waals surface area contributed by atoms with Crippen LogP contribution in [0.5, 0.6) is 0 Å². The van der Waals surface area contributed by atoms with E-state index < -0.39 is 0 Å². The quantitative estimate of drug-likeness (QED) is 0.763. The predicted octanol–water partition coefficient (Wildman–Crippen LogP) is 3.50. The number of nitrogens with zero attached hydrogens (tertiary/aromatic N) is 2. The van der Waals surface area contributed by atoms with Crippen LogP contribution >= 0.6 is 33.9 Å². The molecule has 0 bridgehead atoms. The van der Waals surface area contributed by atoms with Gasteiger partial charge < -0.3 is 4.90 Å². The lowest BCUT2D eigenvalue weighted by Gasteiger charge is -2.16. The molecule has 1 aromatic carbocycles. The van der Waals surface area contributed by atoms with Gasteiger partial charge in [-0.25, -0.2) is 0 Å². The number of benzene rings is 1. The van der Waals surface area contributed by atoms with E-state index in [4.69, 9.17) is 5.26 Å². The Morgan fingerprint density at radius 3 is 2.63 bits per heavy atom. The van der Waals surface area contributed by atoms with E-state index >= 15 is 0 Å². The SMILES string of the molecule is CN(Cc1ccc(C#N)cc1)C(=O)c1csc(I)c1. The number of nitriles is 1. The van der Waals surface area contributed by atoms with E-state index in [0.717, 1.165) is 14.0 Å². The molecule has 0 spiro atoms. The van der Waals surface area contributed by atoms with Crippen molar-refractivity contribution in [3.8, 4) is 6.07 Å². The van der Waals surface area contributed by atoms with Crippen molar-refractivity contribution < 1.29 is 4.79 Å². The number of rotatable bonds is 3. The largest absolute Gasteiger partial charge is 0.337 e. The van der Waals surface area contributed by atoms with E-state index in [1.807, 2.05) is 23.6 Å². The molecule has 1 aromatic heterocycles. The smallest absolute Gasteiger partial charge is 0.254 e. The number of thiophene rings is 1. The minimum absolute atomic E-state index is 0.0172. The van der Waals surface area contributed by atoms with Crippen molar-refractivity contribution in [3.63, 3.8) is 0 Å². The fourth-order valence-corrected chi connectivity index (χ4v) is 2.99. The van der Waals surface area contributed by atoms with Gasteiger partial charge in [-0.05, 0) is 46.4 Å². The number of hydrogen-bond acceptors (Lipinski definition) is 3. The van der Waals surface area contributed by atoms with Gasteiger partial charge in [0.1, 0.15) is 0 Å². The van der Waals surface area contributed by atoms with Crippen LogP contribution in [0.3, 0.4) is 0 Å². The van der Waals surface area contributed by atoms with Gasteiger partial charge in [0.05, 0.1) is 20.1 Å². The van der Waals surface area contributed by atoms with Crippen molar-refractivity contribution in [2.75, 3.05) is 7.05 Å². The Morgan fingerprint density at radius 2 is 2.11 bits per heavy atom. The van der Waals surface area contributed by atoms with Gasteiger partial charge in [0.25, 0.3) is 5.91 Å². The average Bonchev–Trinajstić information content (AvgIpc) is 2.85. The number of halogens is 1. The van der Waals surface area contributed by atoms with Crippen LogP contribution in [0.2, 0.25) is 0 Å². The van der Waals surface area contributed by atoms with E-state index in [-0.39, 0.29) is 5.91 Å². The molecular weight excluding hydrogens is 371 g/mol. The molecule has 2 rings (SSSR count). The Hall–Kier alpha value is -1.39. The molecule has 3 nitrogen and oxygen atoms in total. The fourth-order valence-electron chi connectivity index (χ4n) is 1.67. The fraction of sp³-hybridized carbons (Fsp3) is 0.143. The lowest BCUT2D eigenvalue weighted by Crippen LogP contribution is -2.25. The lowest BCUT2D eigenvalue weighted by atomic mass is 10.1. The molecule has 0 aliphatic heterocycles. The highest BCUT2D eigenvalue weighted by atomic mass is 127. The molecule has 0 aliphatic rings. The molecule has 0 N–H and O–H groups in total. The number of amides is 1. The monoisotopic (exact) mass is 382 g/mol. The van der Waals surface area contributed by atoms with Gasteiger partial charge in [-0.3, -0.25) is 4.79 Å². The zero-order valence-electron chi connectivity index (χ0n) is 10.3. The van der Waals surface area contributed by atoms with Gasteiger partial charge in [0.2, 0.25) is 0 Å². The Balaban J connectivity index is 2.06. The van der Waals surface area contributed by atoms with Crippen LogP contribution in [-0.2, 0) is 6.54 Å². The second-order valence-corrected chi connectivity index (χ2v) is 6.91. The second kappa shape index (κ2) is 6.17. The third-order valence-electron chi connectivity index (χ3n) is 2.66. The average molecular weight is 382 g/mol. The summed E-state index contributed by atoms with van der Waals surface area (Å²) in [5.41, 5.74) is 2.37. The molecular formula is C14H11IN2OS. The summed E-state index contributed by atoms with van der Waals surface area (Å²) in [5, 5.41) is 10.6. The molecule has 0 saturated heterocycles. The number of carbonyl (C=O) groups excluding carboxylic acids is 1. The Morgan fingerprint density at radius 1 is 1.42 bits per heavy atom. The lowest BCUT2D eigenvalue weighted by molar-refractivity contribution is 0.0785. The van der Waals surface area contributed by atoms with Gasteiger partial charge in [0.15, 0.2) is 0 Å². The van der Waals surface area contributed by atoms with Crippen molar-refractivity contribution in [3.05, 3.63) is 55.3 Å². The van der Waals surface area contributed by atoms with Crippen LogP contribution in [0.25, 0.3) is 0 Å². The summed E-state index contributed by atoms with van der Waals surface area (Å²) < 4.78 is 1.10. The molecule has 5 heteroatoms. The maximum absolute atomic E-state index is 12.2. The summed E-state index contributed by atoms with van der Waals surface area (Å²) in [4.78, 5) is 13.8.